The maximum Gasteiger partial charge on any atom is 0.121 e. The van der Waals surface area contributed by atoms with Crippen molar-refractivity contribution >= 4 is 21.6 Å². The van der Waals surface area contributed by atoms with Crippen LogP contribution in [0.15, 0.2) is 22.7 Å². The first-order valence-electron chi connectivity index (χ1n) is 6.39. The highest BCUT2D eigenvalue weighted by molar-refractivity contribution is 9.10. The van der Waals surface area contributed by atoms with Crippen LogP contribution in [0.4, 0.5) is 5.69 Å². The molecular weight excluding hydrogens is 278 g/mol. The molecule has 94 valence electrons. The van der Waals surface area contributed by atoms with E-state index in [0.717, 1.165) is 15.9 Å². The summed E-state index contributed by atoms with van der Waals surface area (Å²) >= 11 is 3.59. The lowest BCUT2D eigenvalue weighted by atomic mass is 10.1. The average Bonchev–Trinajstić information content (AvgIpc) is 2.60. The number of hydrogen-bond acceptors (Lipinski definition) is 2. The Labute approximate surface area is 112 Å². The summed E-state index contributed by atoms with van der Waals surface area (Å²) in [6, 6.07) is 6.69. The summed E-state index contributed by atoms with van der Waals surface area (Å²) in [4.78, 5) is 0. The highest BCUT2D eigenvalue weighted by atomic mass is 79.9. The summed E-state index contributed by atoms with van der Waals surface area (Å²) in [6.45, 7) is 0. The van der Waals surface area contributed by atoms with E-state index in [4.69, 9.17) is 4.74 Å². The molecule has 1 aromatic rings. The summed E-state index contributed by atoms with van der Waals surface area (Å²) in [5.41, 5.74) is 1.15. The van der Waals surface area contributed by atoms with Crippen molar-refractivity contribution in [2.75, 3.05) is 12.4 Å². The smallest absolute Gasteiger partial charge is 0.121 e. The Hall–Kier alpha value is -0.700. The van der Waals surface area contributed by atoms with Crippen LogP contribution in [-0.2, 0) is 0 Å². The molecule has 0 aliphatic heterocycles. The first-order valence-corrected chi connectivity index (χ1v) is 7.19. The molecule has 1 aliphatic rings. The van der Waals surface area contributed by atoms with Crippen molar-refractivity contribution in [2.24, 2.45) is 0 Å². The molecule has 0 aromatic heterocycles. The molecule has 1 fully saturated rings. The minimum atomic E-state index is 0.612. The van der Waals surface area contributed by atoms with Gasteiger partial charge in [0.05, 0.1) is 12.8 Å². The fourth-order valence-electron chi connectivity index (χ4n) is 2.39. The summed E-state index contributed by atoms with van der Waals surface area (Å²) in [5, 5.41) is 3.64. The second-order valence-electron chi connectivity index (χ2n) is 4.68. The molecule has 1 aliphatic carbocycles. The van der Waals surface area contributed by atoms with Gasteiger partial charge in [-0.15, -0.1) is 0 Å². The van der Waals surface area contributed by atoms with E-state index in [0.29, 0.717) is 6.04 Å². The van der Waals surface area contributed by atoms with Gasteiger partial charge in [0.25, 0.3) is 0 Å². The number of nitrogens with one attached hydrogen (secondary N) is 1. The molecule has 1 aromatic carbocycles. The number of methoxy groups -OCH3 is 1. The standard InChI is InChI=1S/C14H20BrNO/c1-17-12-8-9-13(15)14(10-12)16-11-6-4-2-3-5-7-11/h8-11,16H,2-7H2,1H3. The lowest BCUT2D eigenvalue weighted by molar-refractivity contribution is 0.415. The number of ether oxygens (including phenoxy) is 1. The molecule has 0 atom stereocenters. The summed E-state index contributed by atoms with van der Waals surface area (Å²) < 4.78 is 6.38. The third kappa shape index (κ3) is 3.63. The van der Waals surface area contributed by atoms with E-state index in [1.807, 2.05) is 12.1 Å². The van der Waals surface area contributed by atoms with Crippen molar-refractivity contribution < 1.29 is 4.74 Å². The normalized spacial score (nSPS) is 17.5. The number of halogens is 1. The largest absolute Gasteiger partial charge is 0.497 e. The van der Waals surface area contributed by atoms with Crippen molar-refractivity contribution in [1.29, 1.82) is 0 Å². The zero-order valence-corrected chi connectivity index (χ0v) is 11.9. The van der Waals surface area contributed by atoms with Gasteiger partial charge in [-0.1, -0.05) is 25.7 Å². The Balaban J connectivity index is 2.05. The van der Waals surface area contributed by atoms with Crippen molar-refractivity contribution in [3.63, 3.8) is 0 Å². The molecule has 0 radical (unpaired) electrons. The predicted octanol–water partition coefficient (Wildman–Crippen LogP) is 4.59. The Morgan fingerprint density at radius 2 is 1.88 bits per heavy atom. The van der Waals surface area contributed by atoms with Gasteiger partial charge in [0.15, 0.2) is 0 Å². The first-order chi connectivity index (χ1) is 8.29. The SMILES string of the molecule is COc1ccc(Br)c(NC2CCCCCC2)c1. The van der Waals surface area contributed by atoms with Gasteiger partial charge in [-0.25, -0.2) is 0 Å². The second-order valence-corrected chi connectivity index (χ2v) is 5.53. The molecule has 1 saturated carbocycles. The fourth-order valence-corrected chi connectivity index (χ4v) is 2.75. The van der Waals surface area contributed by atoms with E-state index in [-0.39, 0.29) is 0 Å². The Bertz CT molecular complexity index is 359. The van der Waals surface area contributed by atoms with Crippen LogP contribution in [0.1, 0.15) is 38.5 Å². The van der Waals surface area contributed by atoms with Crippen molar-refractivity contribution in [3.8, 4) is 5.75 Å². The maximum absolute atomic E-state index is 5.26. The van der Waals surface area contributed by atoms with Gasteiger partial charge < -0.3 is 10.1 Å². The van der Waals surface area contributed by atoms with Crippen LogP contribution in [-0.4, -0.2) is 13.2 Å². The molecule has 0 unspecified atom stereocenters. The molecule has 0 spiro atoms. The maximum atomic E-state index is 5.26. The van der Waals surface area contributed by atoms with Crippen LogP contribution in [0.25, 0.3) is 0 Å². The predicted molar refractivity (Wildman–Crippen MR) is 75.8 cm³/mol. The van der Waals surface area contributed by atoms with Crippen LogP contribution >= 0.6 is 15.9 Å². The minimum Gasteiger partial charge on any atom is -0.497 e. The van der Waals surface area contributed by atoms with Gasteiger partial charge in [-0.2, -0.15) is 0 Å². The van der Waals surface area contributed by atoms with E-state index in [1.54, 1.807) is 7.11 Å². The minimum absolute atomic E-state index is 0.612. The molecular formula is C14H20BrNO. The van der Waals surface area contributed by atoms with Crippen molar-refractivity contribution in [2.45, 2.75) is 44.6 Å². The van der Waals surface area contributed by atoms with Gasteiger partial charge in [-0.3, -0.25) is 0 Å². The molecule has 3 heteroatoms. The summed E-state index contributed by atoms with van der Waals surface area (Å²) in [5.74, 6) is 0.907. The average molecular weight is 298 g/mol. The molecule has 2 nitrogen and oxygen atoms in total. The van der Waals surface area contributed by atoms with E-state index in [2.05, 4.69) is 27.3 Å². The van der Waals surface area contributed by atoms with Gasteiger partial charge in [0.2, 0.25) is 0 Å². The fraction of sp³-hybridized carbons (Fsp3) is 0.571. The van der Waals surface area contributed by atoms with Crippen LogP contribution in [0.5, 0.6) is 5.75 Å². The lowest BCUT2D eigenvalue weighted by Gasteiger charge is -2.19. The third-order valence-corrected chi connectivity index (χ3v) is 4.08. The van der Waals surface area contributed by atoms with Gasteiger partial charge in [-0.05, 0) is 40.9 Å². The number of benzene rings is 1. The molecule has 17 heavy (non-hydrogen) atoms. The van der Waals surface area contributed by atoms with Crippen LogP contribution < -0.4 is 10.1 Å². The molecule has 0 bridgehead atoms. The van der Waals surface area contributed by atoms with E-state index in [9.17, 15) is 0 Å². The Kier molecular flexibility index (Phi) is 4.72. The third-order valence-electron chi connectivity index (χ3n) is 3.39. The first kappa shape index (κ1) is 12.7. The summed E-state index contributed by atoms with van der Waals surface area (Å²) in [6.07, 6.45) is 8.03. The van der Waals surface area contributed by atoms with Gasteiger partial charge >= 0.3 is 0 Å². The molecule has 0 heterocycles. The molecule has 1 N–H and O–H groups in total. The Morgan fingerprint density at radius 3 is 2.53 bits per heavy atom. The zero-order valence-electron chi connectivity index (χ0n) is 10.3. The van der Waals surface area contributed by atoms with Crippen molar-refractivity contribution in [3.05, 3.63) is 22.7 Å². The van der Waals surface area contributed by atoms with E-state index in [1.165, 1.54) is 38.5 Å². The van der Waals surface area contributed by atoms with Gasteiger partial charge in [0, 0.05) is 16.6 Å². The highest BCUT2D eigenvalue weighted by Crippen LogP contribution is 2.29. The second kappa shape index (κ2) is 6.29. The number of rotatable bonds is 3. The molecule has 0 saturated heterocycles. The quantitative estimate of drug-likeness (QED) is 0.824. The van der Waals surface area contributed by atoms with E-state index >= 15 is 0 Å². The zero-order chi connectivity index (χ0) is 12.1. The molecule has 0 amide bonds. The monoisotopic (exact) mass is 297 g/mol. The van der Waals surface area contributed by atoms with Crippen LogP contribution in [0, 0.1) is 0 Å². The summed E-state index contributed by atoms with van der Waals surface area (Å²) in [7, 11) is 1.71. The van der Waals surface area contributed by atoms with Crippen LogP contribution in [0.2, 0.25) is 0 Å². The highest BCUT2D eigenvalue weighted by Gasteiger charge is 2.13. The van der Waals surface area contributed by atoms with Crippen molar-refractivity contribution in [1.82, 2.24) is 0 Å². The molecule has 2 rings (SSSR count). The Morgan fingerprint density at radius 1 is 1.18 bits per heavy atom. The number of hydrogen-bond donors (Lipinski definition) is 1. The number of anilines is 1. The topological polar surface area (TPSA) is 21.3 Å². The lowest BCUT2D eigenvalue weighted by Crippen LogP contribution is -2.18. The van der Waals surface area contributed by atoms with E-state index < -0.39 is 0 Å². The van der Waals surface area contributed by atoms with Gasteiger partial charge in [0.1, 0.15) is 5.75 Å². The van der Waals surface area contributed by atoms with Crippen LogP contribution in [0.3, 0.4) is 0 Å².